The molecule has 0 heterocycles. The van der Waals surface area contributed by atoms with Gasteiger partial charge < -0.3 is 5.32 Å². The third-order valence-corrected chi connectivity index (χ3v) is 3.73. The second-order valence-corrected chi connectivity index (χ2v) is 5.36. The van der Waals surface area contributed by atoms with Gasteiger partial charge in [0.2, 0.25) is 0 Å². The summed E-state index contributed by atoms with van der Waals surface area (Å²) in [5.74, 6) is -0.0121. The Hall–Kier alpha value is -2.09. The van der Waals surface area contributed by atoms with Crippen LogP contribution < -0.4 is 5.32 Å². The monoisotopic (exact) mass is 267 g/mol. The lowest BCUT2D eigenvalue weighted by Gasteiger charge is -2.16. The van der Waals surface area contributed by atoms with Gasteiger partial charge in [0.05, 0.1) is 6.04 Å². The summed E-state index contributed by atoms with van der Waals surface area (Å²) in [7, 11) is 0. The molecule has 1 amide bonds. The van der Waals surface area contributed by atoms with Gasteiger partial charge in [-0.25, -0.2) is 0 Å². The Balaban J connectivity index is 2.19. The predicted molar refractivity (Wildman–Crippen MR) is 83.0 cm³/mol. The first-order valence-corrected chi connectivity index (χ1v) is 6.92. The molecule has 0 aliphatic heterocycles. The van der Waals surface area contributed by atoms with Crippen LogP contribution in [0, 0.1) is 20.8 Å². The molecule has 2 heteroatoms. The quantitative estimate of drug-likeness (QED) is 0.891. The molecule has 0 saturated carbocycles. The molecular formula is C18H21NO. The van der Waals surface area contributed by atoms with Crippen LogP contribution in [-0.4, -0.2) is 5.91 Å². The summed E-state index contributed by atoms with van der Waals surface area (Å²) in [6.07, 6.45) is 0. The lowest BCUT2D eigenvalue weighted by atomic mass is 10.00. The van der Waals surface area contributed by atoms with Crippen LogP contribution in [0.15, 0.2) is 42.5 Å². The maximum absolute atomic E-state index is 12.4. The molecule has 0 bridgehead atoms. The zero-order valence-corrected chi connectivity index (χ0v) is 12.5. The molecule has 0 saturated heterocycles. The van der Waals surface area contributed by atoms with Crippen molar-refractivity contribution in [3.05, 3.63) is 70.3 Å². The largest absolute Gasteiger partial charge is 0.346 e. The van der Waals surface area contributed by atoms with E-state index in [9.17, 15) is 4.79 Å². The molecule has 1 unspecified atom stereocenters. The average molecular weight is 267 g/mol. The summed E-state index contributed by atoms with van der Waals surface area (Å²) >= 11 is 0. The lowest BCUT2D eigenvalue weighted by Crippen LogP contribution is -2.27. The van der Waals surface area contributed by atoms with E-state index in [1.54, 1.807) is 0 Å². The second-order valence-electron chi connectivity index (χ2n) is 5.36. The van der Waals surface area contributed by atoms with Crippen molar-refractivity contribution in [2.45, 2.75) is 33.7 Å². The van der Waals surface area contributed by atoms with Crippen LogP contribution in [-0.2, 0) is 0 Å². The van der Waals surface area contributed by atoms with Crippen molar-refractivity contribution in [1.82, 2.24) is 5.32 Å². The van der Waals surface area contributed by atoms with Crippen LogP contribution in [0.2, 0.25) is 0 Å². The Kier molecular flexibility index (Phi) is 4.23. The minimum atomic E-state index is -0.0121. The van der Waals surface area contributed by atoms with Crippen LogP contribution in [0.1, 0.15) is 45.6 Å². The van der Waals surface area contributed by atoms with E-state index >= 15 is 0 Å². The average Bonchev–Trinajstić information content (AvgIpc) is 2.43. The first-order chi connectivity index (χ1) is 9.49. The molecule has 20 heavy (non-hydrogen) atoms. The molecule has 0 aliphatic rings. The zero-order chi connectivity index (χ0) is 14.7. The van der Waals surface area contributed by atoms with Crippen LogP contribution in [0.5, 0.6) is 0 Å². The summed E-state index contributed by atoms with van der Waals surface area (Å²) in [6.45, 7) is 8.08. The molecule has 2 aromatic rings. The Labute approximate surface area is 120 Å². The number of aryl methyl sites for hydroxylation is 3. The van der Waals surface area contributed by atoms with Gasteiger partial charge in [-0.05, 0) is 56.0 Å². The van der Waals surface area contributed by atoms with Crippen LogP contribution in [0.25, 0.3) is 0 Å². The van der Waals surface area contributed by atoms with Gasteiger partial charge in [0.15, 0.2) is 0 Å². The van der Waals surface area contributed by atoms with Gasteiger partial charge in [0.25, 0.3) is 5.91 Å². The van der Waals surface area contributed by atoms with Crippen LogP contribution in [0.4, 0.5) is 0 Å². The van der Waals surface area contributed by atoms with Crippen LogP contribution >= 0.6 is 0 Å². The molecule has 1 atom stereocenters. The van der Waals surface area contributed by atoms with E-state index in [0.717, 1.165) is 22.3 Å². The first kappa shape index (κ1) is 14.3. The van der Waals surface area contributed by atoms with Gasteiger partial charge in [0.1, 0.15) is 0 Å². The number of hydrogen-bond acceptors (Lipinski definition) is 1. The third kappa shape index (κ3) is 3.08. The third-order valence-electron chi connectivity index (χ3n) is 3.73. The fourth-order valence-electron chi connectivity index (χ4n) is 2.30. The normalized spacial score (nSPS) is 12.0. The van der Waals surface area contributed by atoms with Gasteiger partial charge in [-0.15, -0.1) is 0 Å². The molecule has 0 spiro atoms. The van der Waals surface area contributed by atoms with E-state index < -0.39 is 0 Å². The van der Waals surface area contributed by atoms with E-state index in [1.165, 1.54) is 5.56 Å². The van der Waals surface area contributed by atoms with Crippen molar-refractivity contribution in [2.75, 3.05) is 0 Å². The maximum atomic E-state index is 12.4. The second kappa shape index (κ2) is 5.91. The Morgan fingerprint density at radius 1 is 0.950 bits per heavy atom. The van der Waals surface area contributed by atoms with Crippen molar-refractivity contribution < 1.29 is 4.79 Å². The highest BCUT2D eigenvalue weighted by Crippen LogP contribution is 2.17. The fraction of sp³-hybridized carbons (Fsp3) is 0.278. The molecule has 0 fully saturated rings. The Morgan fingerprint density at radius 3 is 2.20 bits per heavy atom. The fourth-order valence-corrected chi connectivity index (χ4v) is 2.30. The SMILES string of the molecule is Cc1cc(C)c(C(=O)NC(C)c2ccccc2)cc1C. The first-order valence-electron chi connectivity index (χ1n) is 6.92. The van der Waals surface area contributed by atoms with Crippen molar-refractivity contribution >= 4 is 5.91 Å². The van der Waals surface area contributed by atoms with E-state index in [4.69, 9.17) is 0 Å². The lowest BCUT2D eigenvalue weighted by molar-refractivity contribution is 0.0939. The van der Waals surface area contributed by atoms with Gasteiger partial charge in [-0.3, -0.25) is 4.79 Å². The Morgan fingerprint density at radius 2 is 1.55 bits per heavy atom. The van der Waals surface area contributed by atoms with E-state index in [-0.39, 0.29) is 11.9 Å². The molecule has 0 aromatic heterocycles. The topological polar surface area (TPSA) is 29.1 Å². The van der Waals surface area contributed by atoms with Gasteiger partial charge in [-0.1, -0.05) is 36.4 Å². The molecule has 0 aliphatic carbocycles. The van der Waals surface area contributed by atoms with Gasteiger partial charge >= 0.3 is 0 Å². The van der Waals surface area contributed by atoms with Crippen molar-refractivity contribution in [3.8, 4) is 0 Å². The number of carbonyl (C=O) groups excluding carboxylic acids is 1. The van der Waals surface area contributed by atoms with Crippen molar-refractivity contribution in [3.63, 3.8) is 0 Å². The summed E-state index contributed by atoms with van der Waals surface area (Å²) in [4.78, 5) is 12.4. The molecule has 2 aromatic carbocycles. The highest BCUT2D eigenvalue weighted by atomic mass is 16.1. The summed E-state index contributed by atoms with van der Waals surface area (Å²) in [5.41, 5.74) is 5.26. The number of hydrogen-bond donors (Lipinski definition) is 1. The molecule has 1 N–H and O–H groups in total. The number of carbonyl (C=O) groups is 1. The maximum Gasteiger partial charge on any atom is 0.252 e. The molecular weight excluding hydrogens is 246 g/mol. The molecule has 0 radical (unpaired) electrons. The molecule has 104 valence electrons. The van der Waals surface area contributed by atoms with Crippen molar-refractivity contribution in [1.29, 1.82) is 0 Å². The van der Waals surface area contributed by atoms with E-state index in [1.807, 2.05) is 57.2 Å². The number of benzene rings is 2. The van der Waals surface area contributed by atoms with Crippen LogP contribution in [0.3, 0.4) is 0 Å². The standard InChI is InChI=1S/C18H21NO/c1-12-10-14(3)17(11-13(12)2)18(20)19-15(4)16-8-6-5-7-9-16/h5-11,15H,1-4H3,(H,19,20). The number of rotatable bonds is 3. The summed E-state index contributed by atoms with van der Waals surface area (Å²) in [6, 6.07) is 14.0. The van der Waals surface area contributed by atoms with Crippen molar-refractivity contribution in [2.24, 2.45) is 0 Å². The minimum absolute atomic E-state index is 0.00436. The van der Waals surface area contributed by atoms with Gasteiger partial charge in [-0.2, -0.15) is 0 Å². The molecule has 2 rings (SSSR count). The molecule has 2 nitrogen and oxygen atoms in total. The van der Waals surface area contributed by atoms with E-state index in [0.29, 0.717) is 0 Å². The minimum Gasteiger partial charge on any atom is -0.346 e. The highest BCUT2D eigenvalue weighted by Gasteiger charge is 2.14. The number of amides is 1. The summed E-state index contributed by atoms with van der Waals surface area (Å²) in [5, 5.41) is 3.06. The number of nitrogens with one attached hydrogen (secondary N) is 1. The smallest absolute Gasteiger partial charge is 0.252 e. The Bertz CT molecular complexity index is 617. The van der Waals surface area contributed by atoms with E-state index in [2.05, 4.69) is 18.3 Å². The predicted octanol–water partition coefficient (Wildman–Crippen LogP) is 4.10. The highest BCUT2D eigenvalue weighted by molar-refractivity contribution is 5.96. The zero-order valence-electron chi connectivity index (χ0n) is 12.5. The van der Waals surface area contributed by atoms with Gasteiger partial charge in [0, 0.05) is 5.56 Å². The summed E-state index contributed by atoms with van der Waals surface area (Å²) < 4.78 is 0.